The highest BCUT2D eigenvalue weighted by molar-refractivity contribution is 7.13. The third-order valence-corrected chi connectivity index (χ3v) is 4.75. The van der Waals surface area contributed by atoms with E-state index in [4.69, 9.17) is 0 Å². The Morgan fingerprint density at radius 1 is 0.926 bits per heavy atom. The van der Waals surface area contributed by atoms with E-state index in [-0.39, 0.29) is 23.2 Å². The molecule has 2 amide bonds. The second-order valence-corrected chi connectivity index (χ2v) is 7.31. The average Bonchev–Trinajstić information content (AvgIpc) is 3.09. The molecule has 7 heteroatoms. The van der Waals surface area contributed by atoms with Gasteiger partial charge in [-0.1, -0.05) is 35.6 Å². The van der Waals surface area contributed by atoms with Crippen LogP contribution in [0.1, 0.15) is 32.4 Å². The molecule has 0 unspecified atom stereocenters. The number of aryl methyl sites for hydroxylation is 3. The monoisotopic (exact) mass is 380 g/mol. The zero-order valence-electron chi connectivity index (χ0n) is 15.2. The maximum Gasteiger partial charge on any atom is 0.286 e. The van der Waals surface area contributed by atoms with Gasteiger partial charge in [0.1, 0.15) is 5.01 Å². The molecule has 138 valence electrons. The van der Waals surface area contributed by atoms with Crippen LogP contribution in [0.2, 0.25) is 0 Å². The van der Waals surface area contributed by atoms with Crippen LogP contribution in [0.15, 0.2) is 48.5 Å². The minimum absolute atomic E-state index is 0.0921. The zero-order valence-corrected chi connectivity index (χ0v) is 16.0. The average molecular weight is 380 g/mol. The van der Waals surface area contributed by atoms with Crippen LogP contribution in [-0.4, -0.2) is 22.0 Å². The number of carbonyl (C=O) groups is 2. The maximum absolute atomic E-state index is 12.2. The first-order chi connectivity index (χ1) is 13.0. The minimum atomic E-state index is -0.301. The molecule has 27 heavy (non-hydrogen) atoms. The highest BCUT2D eigenvalue weighted by atomic mass is 32.1. The van der Waals surface area contributed by atoms with Crippen molar-refractivity contribution in [2.75, 3.05) is 10.6 Å². The van der Waals surface area contributed by atoms with Crippen molar-refractivity contribution in [3.8, 4) is 0 Å². The Morgan fingerprint density at radius 2 is 1.63 bits per heavy atom. The fourth-order valence-electron chi connectivity index (χ4n) is 2.64. The quantitative estimate of drug-likeness (QED) is 0.677. The van der Waals surface area contributed by atoms with Crippen LogP contribution in [-0.2, 0) is 11.2 Å². The minimum Gasteiger partial charge on any atom is -0.326 e. The van der Waals surface area contributed by atoms with E-state index in [9.17, 15) is 9.59 Å². The lowest BCUT2D eigenvalue weighted by atomic mass is 10.1. The molecule has 0 saturated heterocycles. The van der Waals surface area contributed by atoms with Gasteiger partial charge in [-0.25, -0.2) is 0 Å². The Hall–Kier alpha value is -3.06. The standard InChI is InChI=1S/C20H20N4O2S/c1-13-10-14(2)12-16(11-13)21-17(25)8-9-18-23-24-20(27-18)19(26)22-15-6-4-3-5-7-15/h3-7,10-12H,8-9H2,1-2H3,(H,21,25)(H,22,26). The van der Waals surface area contributed by atoms with E-state index in [2.05, 4.69) is 26.9 Å². The third kappa shape index (κ3) is 5.46. The van der Waals surface area contributed by atoms with Gasteiger partial charge in [-0.15, -0.1) is 10.2 Å². The number of hydrogen-bond donors (Lipinski definition) is 2. The first-order valence-corrected chi connectivity index (χ1v) is 9.38. The molecule has 2 N–H and O–H groups in total. The molecular weight excluding hydrogens is 360 g/mol. The zero-order chi connectivity index (χ0) is 19.2. The van der Waals surface area contributed by atoms with Gasteiger partial charge in [0.05, 0.1) is 0 Å². The van der Waals surface area contributed by atoms with Gasteiger partial charge in [0.2, 0.25) is 10.9 Å². The van der Waals surface area contributed by atoms with Gasteiger partial charge < -0.3 is 10.6 Å². The van der Waals surface area contributed by atoms with Gasteiger partial charge in [0, 0.05) is 24.2 Å². The molecule has 3 aromatic rings. The number of anilines is 2. The number of hydrogen-bond acceptors (Lipinski definition) is 5. The van der Waals surface area contributed by atoms with Gasteiger partial charge in [0.25, 0.3) is 5.91 Å². The molecule has 6 nitrogen and oxygen atoms in total. The van der Waals surface area contributed by atoms with Crippen molar-refractivity contribution in [3.63, 3.8) is 0 Å². The lowest BCUT2D eigenvalue weighted by Gasteiger charge is -2.06. The number of benzene rings is 2. The van der Waals surface area contributed by atoms with Crippen molar-refractivity contribution >= 4 is 34.5 Å². The molecule has 3 rings (SSSR count). The smallest absolute Gasteiger partial charge is 0.286 e. The molecule has 0 spiro atoms. The van der Waals surface area contributed by atoms with Crippen LogP contribution in [0.5, 0.6) is 0 Å². The van der Waals surface area contributed by atoms with E-state index in [0.717, 1.165) is 16.8 Å². The maximum atomic E-state index is 12.2. The molecule has 0 fully saturated rings. The summed E-state index contributed by atoms with van der Waals surface area (Å²) in [6.07, 6.45) is 0.717. The molecule has 0 radical (unpaired) electrons. The molecule has 2 aromatic carbocycles. The fourth-order valence-corrected chi connectivity index (χ4v) is 3.38. The van der Waals surface area contributed by atoms with Gasteiger partial charge in [-0.2, -0.15) is 0 Å². The van der Waals surface area contributed by atoms with Crippen LogP contribution in [0.4, 0.5) is 11.4 Å². The summed E-state index contributed by atoms with van der Waals surface area (Å²) in [5.74, 6) is -0.393. The van der Waals surface area contributed by atoms with Crippen LogP contribution in [0.25, 0.3) is 0 Å². The fraction of sp³-hybridized carbons (Fsp3) is 0.200. The second-order valence-electron chi connectivity index (χ2n) is 6.25. The van der Waals surface area contributed by atoms with Crippen molar-refractivity contribution in [3.05, 3.63) is 69.7 Å². The van der Waals surface area contributed by atoms with E-state index in [1.54, 1.807) is 12.1 Å². The Morgan fingerprint density at radius 3 is 2.33 bits per heavy atom. The van der Waals surface area contributed by atoms with Gasteiger partial charge in [-0.05, 0) is 49.2 Å². The van der Waals surface area contributed by atoms with E-state index < -0.39 is 0 Å². The number of rotatable bonds is 6. The molecule has 0 saturated carbocycles. The molecule has 1 aromatic heterocycles. The Labute approximate surface area is 161 Å². The number of nitrogens with zero attached hydrogens (tertiary/aromatic N) is 2. The summed E-state index contributed by atoms with van der Waals surface area (Å²) in [4.78, 5) is 24.3. The summed E-state index contributed by atoms with van der Waals surface area (Å²) in [7, 11) is 0. The van der Waals surface area contributed by atoms with Gasteiger partial charge >= 0.3 is 0 Å². The van der Waals surface area contributed by atoms with Crippen molar-refractivity contribution in [1.29, 1.82) is 0 Å². The van der Waals surface area contributed by atoms with E-state index in [1.807, 2.05) is 44.2 Å². The number of nitrogens with one attached hydrogen (secondary N) is 2. The largest absolute Gasteiger partial charge is 0.326 e. The summed E-state index contributed by atoms with van der Waals surface area (Å²) >= 11 is 1.20. The van der Waals surface area contributed by atoms with Crippen LogP contribution < -0.4 is 10.6 Å². The molecule has 0 aliphatic rings. The number of aromatic nitrogens is 2. The first-order valence-electron chi connectivity index (χ1n) is 8.56. The molecule has 1 heterocycles. The summed E-state index contributed by atoms with van der Waals surface area (Å²) < 4.78 is 0. The van der Waals surface area contributed by atoms with Crippen LogP contribution in [0.3, 0.4) is 0 Å². The Kier molecular flexibility index (Phi) is 5.93. The van der Waals surface area contributed by atoms with Crippen molar-refractivity contribution in [2.24, 2.45) is 0 Å². The molecule has 0 aliphatic carbocycles. The van der Waals surface area contributed by atoms with E-state index >= 15 is 0 Å². The second kappa shape index (κ2) is 8.55. The molecule has 0 aliphatic heterocycles. The number of para-hydroxylation sites is 1. The predicted molar refractivity (Wildman–Crippen MR) is 107 cm³/mol. The number of amides is 2. The summed E-state index contributed by atoms with van der Waals surface area (Å²) in [5.41, 5.74) is 3.69. The molecular formula is C20H20N4O2S. The SMILES string of the molecule is Cc1cc(C)cc(NC(=O)CCc2nnc(C(=O)Nc3ccccc3)s2)c1. The predicted octanol–water partition coefficient (Wildman–Crippen LogP) is 3.98. The third-order valence-electron chi connectivity index (χ3n) is 3.76. The number of carbonyl (C=O) groups excluding carboxylic acids is 2. The highest BCUT2D eigenvalue weighted by Crippen LogP contribution is 2.16. The summed E-state index contributed by atoms with van der Waals surface area (Å²) in [6, 6.07) is 15.1. The van der Waals surface area contributed by atoms with Crippen molar-refractivity contribution in [1.82, 2.24) is 10.2 Å². The van der Waals surface area contributed by atoms with Crippen LogP contribution in [0, 0.1) is 13.8 Å². The van der Waals surface area contributed by atoms with Gasteiger partial charge in [0.15, 0.2) is 0 Å². The Balaban J connectivity index is 1.53. The summed E-state index contributed by atoms with van der Waals surface area (Å²) in [6.45, 7) is 3.98. The van der Waals surface area contributed by atoms with Crippen molar-refractivity contribution < 1.29 is 9.59 Å². The first kappa shape index (κ1) is 18.7. The molecule has 0 atom stereocenters. The normalized spacial score (nSPS) is 10.4. The van der Waals surface area contributed by atoms with Crippen LogP contribution >= 0.6 is 11.3 Å². The highest BCUT2D eigenvalue weighted by Gasteiger charge is 2.14. The lowest BCUT2D eigenvalue weighted by molar-refractivity contribution is -0.116. The topological polar surface area (TPSA) is 84.0 Å². The van der Waals surface area contributed by atoms with E-state index in [1.165, 1.54) is 11.3 Å². The van der Waals surface area contributed by atoms with Crippen molar-refractivity contribution in [2.45, 2.75) is 26.7 Å². The van der Waals surface area contributed by atoms with E-state index in [0.29, 0.717) is 17.1 Å². The lowest BCUT2D eigenvalue weighted by Crippen LogP contribution is -2.12. The summed E-state index contributed by atoms with van der Waals surface area (Å²) in [5, 5.41) is 14.5. The van der Waals surface area contributed by atoms with Gasteiger partial charge in [-0.3, -0.25) is 9.59 Å². The molecule has 0 bridgehead atoms. The Bertz CT molecular complexity index is 933.